The summed E-state index contributed by atoms with van der Waals surface area (Å²) in [6.07, 6.45) is 10.0. The van der Waals surface area contributed by atoms with Crippen LogP contribution in [0.5, 0.6) is 0 Å². The van der Waals surface area contributed by atoms with Crippen molar-refractivity contribution in [3.63, 3.8) is 0 Å². The summed E-state index contributed by atoms with van der Waals surface area (Å²) >= 11 is 0. The van der Waals surface area contributed by atoms with E-state index in [0.717, 1.165) is 24.9 Å². The van der Waals surface area contributed by atoms with Crippen molar-refractivity contribution in [3.05, 3.63) is 18.0 Å². The Hall–Kier alpha value is -0.830. The number of aromatic nitrogens is 2. The molecule has 0 saturated heterocycles. The third-order valence-electron chi connectivity index (χ3n) is 3.79. The monoisotopic (exact) mass is 235 g/mol. The molecule has 0 aliphatic heterocycles. The molecule has 2 atom stereocenters. The first-order valence-corrected chi connectivity index (χ1v) is 7.00. The first-order valence-electron chi connectivity index (χ1n) is 7.00. The SMILES string of the molecule is CCNC1CCCCC(Cc2ccn(C)n2)C1. The molecule has 1 aliphatic carbocycles. The number of rotatable bonds is 4. The molecule has 3 nitrogen and oxygen atoms in total. The normalized spacial score (nSPS) is 25.8. The summed E-state index contributed by atoms with van der Waals surface area (Å²) in [6, 6.07) is 2.89. The van der Waals surface area contributed by atoms with Crippen LogP contribution in [-0.4, -0.2) is 22.4 Å². The highest BCUT2D eigenvalue weighted by atomic mass is 15.2. The van der Waals surface area contributed by atoms with Gasteiger partial charge in [0.2, 0.25) is 0 Å². The average molecular weight is 235 g/mol. The minimum absolute atomic E-state index is 0.733. The minimum atomic E-state index is 0.733. The highest BCUT2D eigenvalue weighted by Gasteiger charge is 2.20. The van der Waals surface area contributed by atoms with E-state index in [9.17, 15) is 0 Å². The maximum atomic E-state index is 4.50. The Balaban J connectivity index is 1.90. The van der Waals surface area contributed by atoms with E-state index in [2.05, 4.69) is 23.4 Å². The number of hydrogen-bond acceptors (Lipinski definition) is 2. The maximum Gasteiger partial charge on any atom is 0.0627 e. The Bertz CT molecular complexity index is 332. The maximum absolute atomic E-state index is 4.50. The van der Waals surface area contributed by atoms with Crippen molar-refractivity contribution >= 4 is 0 Å². The Morgan fingerprint density at radius 2 is 2.24 bits per heavy atom. The predicted octanol–water partition coefficient (Wildman–Crippen LogP) is 2.52. The Morgan fingerprint density at radius 1 is 1.41 bits per heavy atom. The van der Waals surface area contributed by atoms with E-state index >= 15 is 0 Å². The van der Waals surface area contributed by atoms with Crippen LogP contribution in [0.2, 0.25) is 0 Å². The van der Waals surface area contributed by atoms with Crippen LogP contribution in [0.4, 0.5) is 0 Å². The fourth-order valence-electron chi connectivity index (χ4n) is 2.99. The summed E-state index contributed by atoms with van der Waals surface area (Å²) in [4.78, 5) is 0. The van der Waals surface area contributed by atoms with Crippen LogP contribution >= 0.6 is 0 Å². The van der Waals surface area contributed by atoms with Gasteiger partial charge in [-0.3, -0.25) is 4.68 Å². The molecular formula is C14H25N3. The summed E-state index contributed by atoms with van der Waals surface area (Å²) in [6.45, 7) is 3.31. The summed E-state index contributed by atoms with van der Waals surface area (Å²) < 4.78 is 1.91. The van der Waals surface area contributed by atoms with Crippen LogP contribution in [0, 0.1) is 5.92 Å². The quantitative estimate of drug-likeness (QED) is 0.813. The molecule has 96 valence electrons. The topological polar surface area (TPSA) is 29.9 Å². The minimum Gasteiger partial charge on any atom is -0.314 e. The highest BCUT2D eigenvalue weighted by molar-refractivity contribution is 5.00. The number of nitrogens with zero attached hydrogens (tertiary/aromatic N) is 2. The van der Waals surface area contributed by atoms with E-state index in [1.807, 2.05) is 17.9 Å². The molecule has 2 unspecified atom stereocenters. The molecule has 1 aliphatic rings. The van der Waals surface area contributed by atoms with Crippen LogP contribution in [0.3, 0.4) is 0 Å². The standard InChI is InChI=1S/C14H25N3/c1-3-15-13-7-5-4-6-12(10-13)11-14-8-9-17(2)16-14/h8-9,12-13,15H,3-7,10-11H2,1-2H3. The molecule has 0 aromatic carbocycles. The van der Waals surface area contributed by atoms with E-state index < -0.39 is 0 Å². The van der Waals surface area contributed by atoms with Crippen LogP contribution < -0.4 is 5.32 Å². The van der Waals surface area contributed by atoms with Gasteiger partial charge in [0.05, 0.1) is 5.69 Å². The van der Waals surface area contributed by atoms with Gasteiger partial charge in [-0.2, -0.15) is 5.10 Å². The van der Waals surface area contributed by atoms with Crippen molar-refractivity contribution in [1.82, 2.24) is 15.1 Å². The lowest BCUT2D eigenvalue weighted by atomic mass is 9.93. The Labute approximate surface area is 105 Å². The first-order chi connectivity index (χ1) is 8.28. The lowest BCUT2D eigenvalue weighted by Gasteiger charge is -2.19. The molecule has 1 saturated carbocycles. The second kappa shape index (κ2) is 6.20. The molecule has 1 fully saturated rings. The van der Waals surface area contributed by atoms with E-state index in [1.54, 1.807) is 0 Å². The van der Waals surface area contributed by atoms with Gasteiger partial charge in [0.25, 0.3) is 0 Å². The molecule has 0 radical (unpaired) electrons. The summed E-state index contributed by atoms with van der Waals surface area (Å²) in [5.41, 5.74) is 1.26. The zero-order valence-electron chi connectivity index (χ0n) is 11.2. The van der Waals surface area contributed by atoms with Crippen LogP contribution in [-0.2, 0) is 13.5 Å². The van der Waals surface area contributed by atoms with Crippen molar-refractivity contribution < 1.29 is 0 Å². The van der Waals surface area contributed by atoms with Gasteiger partial charge < -0.3 is 5.32 Å². The lowest BCUT2D eigenvalue weighted by molar-refractivity contribution is 0.386. The third kappa shape index (κ3) is 3.84. The molecule has 1 aromatic rings. The fraction of sp³-hybridized carbons (Fsp3) is 0.786. The van der Waals surface area contributed by atoms with Gasteiger partial charge in [-0.15, -0.1) is 0 Å². The smallest absolute Gasteiger partial charge is 0.0627 e. The van der Waals surface area contributed by atoms with Crippen molar-refractivity contribution in [2.45, 2.75) is 51.5 Å². The highest BCUT2D eigenvalue weighted by Crippen LogP contribution is 2.26. The van der Waals surface area contributed by atoms with Crippen LogP contribution in [0.25, 0.3) is 0 Å². The van der Waals surface area contributed by atoms with E-state index in [-0.39, 0.29) is 0 Å². The summed E-state index contributed by atoms with van der Waals surface area (Å²) in [5.74, 6) is 0.816. The van der Waals surface area contributed by atoms with Gasteiger partial charge in [0.15, 0.2) is 0 Å². The van der Waals surface area contributed by atoms with Crippen molar-refractivity contribution in [2.24, 2.45) is 13.0 Å². The van der Waals surface area contributed by atoms with Gasteiger partial charge in [-0.1, -0.05) is 26.2 Å². The first kappa shape index (κ1) is 12.6. The molecule has 0 amide bonds. The average Bonchev–Trinajstić information content (AvgIpc) is 2.58. The lowest BCUT2D eigenvalue weighted by Crippen LogP contribution is -2.30. The van der Waals surface area contributed by atoms with Gasteiger partial charge >= 0.3 is 0 Å². The van der Waals surface area contributed by atoms with E-state index in [0.29, 0.717) is 0 Å². The van der Waals surface area contributed by atoms with E-state index in [4.69, 9.17) is 0 Å². The van der Waals surface area contributed by atoms with Gasteiger partial charge in [-0.05, 0) is 37.8 Å². The zero-order chi connectivity index (χ0) is 12.1. The summed E-state index contributed by atoms with van der Waals surface area (Å²) in [5, 5.41) is 8.12. The van der Waals surface area contributed by atoms with Gasteiger partial charge in [0, 0.05) is 19.3 Å². The molecule has 1 aromatic heterocycles. The molecule has 1 heterocycles. The van der Waals surface area contributed by atoms with Crippen molar-refractivity contribution in [2.75, 3.05) is 6.54 Å². The molecule has 2 rings (SSSR count). The summed E-state index contributed by atoms with van der Waals surface area (Å²) in [7, 11) is 2.00. The van der Waals surface area contributed by atoms with Crippen molar-refractivity contribution in [3.8, 4) is 0 Å². The molecular weight excluding hydrogens is 210 g/mol. The molecule has 17 heavy (non-hydrogen) atoms. The van der Waals surface area contributed by atoms with Gasteiger partial charge in [0.1, 0.15) is 0 Å². The molecule has 0 spiro atoms. The van der Waals surface area contributed by atoms with Crippen molar-refractivity contribution in [1.29, 1.82) is 0 Å². The number of nitrogens with one attached hydrogen (secondary N) is 1. The van der Waals surface area contributed by atoms with Crippen LogP contribution in [0.15, 0.2) is 12.3 Å². The molecule has 0 bridgehead atoms. The number of aryl methyl sites for hydroxylation is 1. The predicted molar refractivity (Wildman–Crippen MR) is 71.0 cm³/mol. The Morgan fingerprint density at radius 3 is 2.94 bits per heavy atom. The molecule has 1 N–H and O–H groups in total. The molecule has 3 heteroatoms. The van der Waals surface area contributed by atoms with Gasteiger partial charge in [-0.25, -0.2) is 0 Å². The number of hydrogen-bond donors (Lipinski definition) is 1. The Kier molecular flexibility index (Phi) is 4.60. The van der Waals surface area contributed by atoms with Crippen LogP contribution in [0.1, 0.15) is 44.7 Å². The second-order valence-corrected chi connectivity index (χ2v) is 5.33. The zero-order valence-corrected chi connectivity index (χ0v) is 11.2. The van der Waals surface area contributed by atoms with E-state index in [1.165, 1.54) is 37.8 Å². The largest absolute Gasteiger partial charge is 0.314 e. The fourth-order valence-corrected chi connectivity index (χ4v) is 2.99. The third-order valence-corrected chi connectivity index (χ3v) is 3.79. The second-order valence-electron chi connectivity index (χ2n) is 5.33.